The number of hydrogen-bond donors (Lipinski definition) is 1. The lowest BCUT2D eigenvalue weighted by Gasteiger charge is -2.56. The van der Waals surface area contributed by atoms with Crippen molar-refractivity contribution in [2.24, 2.45) is 23.2 Å². The Kier molecular flexibility index (Phi) is 4.48. The molecule has 5 aliphatic rings. The summed E-state index contributed by atoms with van der Waals surface area (Å²) in [6, 6.07) is 7.75. The summed E-state index contributed by atoms with van der Waals surface area (Å²) in [5, 5.41) is 3.08. The lowest BCUT2D eigenvalue weighted by Crippen LogP contribution is -2.56. The van der Waals surface area contributed by atoms with Crippen LogP contribution in [0, 0.1) is 23.2 Å². The Morgan fingerprint density at radius 2 is 1.79 bits per heavy atom. The highest BCUT2D eigenvalue weighted by Gasteiger charge is 2.56. The molecule has 150 valence electrons. The van der Waals surface area contributed by atoms with Gasteiger partial charge < -0.3 is 10.2 Å². The molecule has 1 atom stereocenters. The molecule has 4 bridgehead atoms. The molecule has 0 aromatic heterocycles. The van der Waals surface area contributed by atoms with Gasteiger partial charge in [-0.3, -0.25) is 9.59 Å². The molecule has 1 N–H and O–H groups in total. The molecule has 0 spiro atoms. The van der Waals surface area contributed by atoms with Crippen LogP contribution in [-0.2, 0) is 16.0 Å². The van der Waals surface area contributed by atoms with Gasteiger partial charge in [0.1, 0.15) is 6.04 Å². The highest BCUT2D eigenvalue weighted by Crippen LogP contribution is 2.60. The van der Waals surface area contributed by atoms with E-state index in [1.165, 1.54) is 24.8 Å². The van der Waals surface area contributed by atoms with Gasteiger partial charge in [-0.05, 0) is 93.2 Å². The third-order valence-corrected chi connectivity index (χ3v) is 7.91. The fraction of sp³-hybridized carbons (Fsp3) is 0.667. The van der Waals surface area contributed by atoms with Gasteiger partial charge in [0.15, 0.2) is 0 Å². The van der Waals surface area contributed by atoms with E-state index in [9.17, 15) is 9.59 Å². The van der Waals surface area contributed by atoms with Gasteiger partial charge in [-0.25, -0.2) is 0 Å². The summed E-state index contributed by atoms with van der Waals surface area (Å²) < 4.78 is 0. The van der Waals surface area contributed by atoms with E-state index in [1.54, 1.807) is 0 Å². The average Bonchev–Trinajstić information content (AvgIpc) is 3.16. The molecule has 4 aliphatic carbocycles. The number of amides is 2. The molecule has 4 heteroatoms. The van der Waals surface area contributed by atoms with Gasteiger partial charge in [0.2, 0.25) is 11.8 Å². The number of benzene rings is 1. The molecule has 6 rings (SSSR count). The first kappa shape index (κ1) is 18.2. The zero-order chi connectivity index (χ0) is 19.3. The summed E-state index contributed by atoms with van der Waals surface area (Å²) in [6.07, 6.45) is 9.90. The van der Waals surface area contributed by atoms with Crippen LogP contribution in [0.2, 0.25) is 0 Å². The molecule has 5 fully saturated rings. The maximum Gasteiger partial charge on any atom is 0.247 e. The summed E-state index contributed by atoms with van der Waals surface area (Å²) in [6.45, 7) is 2.86. The quantitative estimate of drug-likeness (QED) is 0.842. The highest BCUT2D eigenvalue weighted by molar-refractivity contribution is 5.98. The first-order valence-corrected chi connectivity index (χ1v) is 11.3. The Balaban J connectivity index is 1.32. The van der Waals surface area contributed by atoms with Crippen LogP contribution in [0.15, 0.2) is 24.3 Å². The van der Waals surface area contributed by atoms with Gasteiger partial charge in [-0.1, -0.05) is 19.1 Å². The fourth-order valence-corrected chi connectivity index (χ4v) is 7.05. The summed E-state index contributed by atoms with van der Waals surface area (Å²) in [5.74, 6) is 2.54. The first-order chi connectivity index (χ1) is 13.6. The Hall–Kier alpha value is -1.84. The van der Waals surface area contributed by atoms with Crippen LogP contribution in [0.5, 0.6) is 0 Å². The van der Waals surface area contributed by atoms with E-state index in [0.29, 0.717) is 5.91 Å². The molecule has 1 heterocycles. The molecule has 1 unspecified atom stereocenters. The number of hydrogen-bond acceptors (Lipinski definition) is 2. The number of carbonyl (C=O) groups is 2. The number of carbonyl (C=O) groups excluding carboxylic acids is 2. The van der Waals surface area contributed by atoms with Gasteiger partial charge in [-0.2, -0.15) is 0 Å². The van der Waals surface area contributed by atoms with Crippen LogP contribution in [0.25, 0.3) is 0 Å². The zero-order valence-electron chi connectivity index (χ0n) is 17.0. The largest absolute Gasteiger partial charge is 0.330 e. The Labute approximate surface area is 168 Å². The molecule has 0 radical (unpaired) electrons. The molecule has 2 amide bonds. The van der Waals surface area contributed by atoms with Crippen molar-refractivity contribution in [3.8, 4) is 0 Å². The van der Waals surface area contributed by atoms with E-state index in [0.717, 1.165) is 68.5 Å². The normalized spacial score (nSPS) is 36.0. The SMILES string of the molecule is CCc1cccc(NC(=O)C2CCCN2C(=O)C23CC4CC(CC(C4)C2)C3)c1. The zero-order valence-corrected chi connectivity index (χ0v) is 17.0. The van der Waals surface area contributed by atoms with E-state index in [4.69, 9.17) is 0 Å². The minimum atomic E-state index is -0.300. The monoisotopic (exact) mass is 380 g/mol. The van der Waals surface area contributed by atoms with E-state index in [-0.39, 0.29) is 17.4 Å². The van der Waals surface area contributed by atoms with Gasteiger partial charge in [0, 0.05) is 12.2 Å². The number of nitrogens with one attached hydrogen (secondary N) is 1. The van der Waals surface area contributed by atoms with Crippen LogP contribution in [0.1, 0.15) is 63.9 Å². The van der Waals surface area contributed by atoms with Crippen molar-refractivity contribution in [1.82, 2.24) is 4.90 Å². The van der Waals surface area contributed by atoms with Gasteiger partial charge in [0.25, 0.3) is 0 Å². The van der Waals surface area contributed by atoms with Crippen molar-refractivity contribution in [2.75, 3.05) is 11.9 Å². The molecular formula is C24H32N2O2. The van der Waals surface area contributed by atoms with E-state index < -0.39 is 0 Å². The summed E-state index contributed by atoms with van der Waals surface area (Å²) >= 11 is 0. The van der Waals surface area contributed by atoms with Crippen LogP contribution < -0.4 is 5.32 Å². The van der Waals surface area contributed by atoms with Crippen molar-refractivity contribution in [3.63, 3.8) is 0 Å². The minimum Gasteiger partial charge on any atom is -0.330 e. The second kappa shape index (κ2) is 6.89. The van der Waals surface area contributed by atoms with Gasteiger partial charge in [0.05, 0.1) is 5.41 Å². The van der Waals surface area contributed by atoms with Crippen molar-refractivity contribution in [3.05, 3.63) is 29.8 Å². The highest BCUT2D eigenvalue weighted by atomic mass is 16.2. The predicted molar refractivity (Wildman–Crippen MR) is 110 cm³/mol. The Bertz CT molecular complexity index is 751. The minimum absolute atomic E-state index is 0.0103. The van der Waals surface area contributed by atoms with Crippen molar-refractivity contribution >= 4 is 17.5 Å². The molecule has 1 saturated heterocycles. The average molecular weight is 381 g/mol. The Morgan fingerprint density at radius 3 is 2.43 bits per heavy atom. The van der Waals surface area contributed by atoms with E-state index in [1.807, 2.05) is 23.1 Å². The number of likely N-dealkylation sites (tertiary alicyclic amines) is 1. The molecular weight excluding hydrogens is 348 g/mol. The number of rotatable bonds is 4. The Morgan fingerprint density at radius 1 is 1.11 bits per heavy atom. The second-order valence-electron chi connectivity index (χ2n) is 9.90. The van der Waals surface area contributed by atoms with Crippen LogP contribution >= 0.6 is 0 Å². The lowest BCUT2D eigenvalue weighted by molar-refractivity contribution is -0.160. The molecule has 1 aliphatic heterocycles. The number of anilines is 1. The topological polar surface area (TPSA) is 49.4 Å². The van der Waals surface area contributed by atoms with Gasteiger partial charge >= 0.3 is 0 Å². The molecule has 4 nitrogen and oxygen atoms in total. The summed E-state index contributed by atoms with van der Waals surface area (Å²) in [5.41, 5.74) is 1.91. The second-order valence-corrected chi connectivity index (χ2v) is 9.90. The third kappa shape index (κ3) is 3.05. The first-order valence-electron chi connectivity index (χ1n) is 11.3. The third-order valence-electron chi connectivity index (χ3n) is 7.91. The standard InChI is InChI=1S/C24H32N2O2/c1-2-16-5-3-6-20(12-16)25-22(27)21-7-4-8-26(21)23(28)24-13-17-9-18(14-24)11-19(10-17)15-24/h3,5-6,12,17-19,21H,2,4,7-11,13-15H2,1H3,(H,25,27). The molecule has 1 aromatic carbocycles. The number of aryl methyl sites for hydroxylation is 1. The maximum absolute atomic E-state index is 13.7. The smallest absolute Gasteiger partial charge is 0.247 e. The fourth-order valence-electron chi connectivity index (χ4n) is 7.05. The molecule has 1 aromatic rings. The van der Waals surface area contributed by atoms with E-state index >= 15 is 0 Å². The van der Waals surface area contributed by atoms with Crippen LogP contribution in [0.4, 0.5) is 5.69 Å². The number of nitrogens with zero attached hydrogens (tertiary/aromatic N) is 1. The van der Waals surface area contributed by atoms with Crippen LogP contribution in [0.3, 0.4) is 0 Å². The van der Waals surface area contributed by atoms with Crippen molar-refractivity contribution < 1.29 is 9.59 Å². The molecule has 4 saturated carbocycles. The van der Waals surface area contributed by atoms with Crippen molar-refractivity contribution in [2.45, 2.75) is 70.8 Å². The molecule has 28 heavy (non-hydrogen) atoms. The van der Waals surface area contributed by atoms with Crippen molar-refractivity contribution in [1.29, 1.82) is 0 Å². The summed E-state index contributed by atoms with van der Waals surface area (Å²) in [7, 11) is 0. The lowest BCUT2D eigenvalue weighted by atomic mass is 9.49. The predicted octanol–water partition coefficient (Wildman–Crippen LogP) is 4.39. The van der Waals surface area contributed by atoms with Gasteiger partial charge in [-0.15, -0.1) is 0 Å². The summed E-state index contributed by atoms with van der Waals surface area (Å²) in [4.78, 5) is 28.7. The van der Waals surface area contributed by atoms with Crippen LogP contribution in [-0.4, -0.2) is 29.3 Å². The maximum atomic E-state index is 13.7. The van der Waals surface area contributed by atoms with E-state index in [2.05, 4.69) is 18.3 Å².